The number of benzene rings is 1. The molecular weight excluding hydrogens is 338 g/mol. The molecule has 1 aromatic carbocycles. The molecule has 0 aliphatic rings. The van der Waals surface area contributed by atoms with Crippen molar-refractivity contribution in [1.29, 1.82) is 0 Å². The molecular formula is C14H15N3O6S. The van der Waals surface area contributed by atoms with Gasteiger partial charge in [0.15, 0.2) is 0 Å². The van der Waals surface area contributed by atoms with E-state index in [0.717, 1.165) is 18.2 Å². The van der Waals surface area contributed by atoms with E-state index >= 15 is 0 Å². The number of carbonyl (C=O) groups is 1. The molecule has 0 fully saturated rings. The Bertz CT molecular complexity index is 845. The molecule has 0 saturated heterocycles. The molecule has 10 heteroatoms. The summed E-state index contributed by atoms with van der Waals surface area (Å²) in [6.07, 6.45) is 1.46. The lowest BCUT2D eigenvalue weighted by atomic mass is 10.2. The zero-order valence-electron chi connectivity index (χ0n) is 12.7. The van der Waals surface area contributed by atoms with Gasteiger partial charge < -0.3 is 9.73 Å². The molecule has 24 heavy (non-hydrogen) atoms. The van der Waals surface area contributed by atoms with Crippen molar-refractivity contribution in [3.63, 3.8) is 0 Å². The number of non-ortho nitro benzene ring substituents is 1. The lowest BCUT2D eigenvalue weighted by Gasteiger charge is -2.09. The molecule has 128 valence electrons. The maximum Gasteiger partial charge on any atom is 0.269 e. The Morgan fingerprint density at radius 2 is 2.08 bits per heavy atom. The van der Waals surface area contributed by atoms with E-state index in [-0.39, 0.29) is 22.7 Å². The fourth-order valence-corrected chi connectivity index (χ4v) is 3.15. The first kappa shape index (κ1) is 17.6. The second kappa shape index (κ2) is 7.23. The zero-order valence-corrected chi connectivity index (χ0v) is 13.5. The molecule has 0 atom stereocenters. The Labute approximate surface area is 137 Å². The van der Waals surface area contributed by atoms with Crippen LogP contribution in [0.4, 0.5) is 5.69 Å². The number of hydrogen-bond donors (Lipinski definition) is 2. The second-order valence-corrected chi connectivity index (χ2v) is 6.62. The molecule has 0 radical (unpaired) electrons. The fraction of sp³-hybridized carbons (Fsp3) is 0.214. The molecule has 2 aromatic rings. The van der Waals surface area contributed by atoms with Crippen LogP contribution in [0.25, 0.3) is 0 Å². The van der Waals surface area contributed by atoms with Gasteiger partial charge in [-0.15, -0.1) is 0 Å². The predicted molar refractivity (Wildman–Crippen MR) is 83.6 cm³/mol. The summed E-state index contributed by atoms with van der Waals surface area (Å²) in [5.74, 6) is 0.00644. The first-order chi connectivity index (χ1) is 11.3. The third-order valence-corrected chi connectivity index (χ3v) is 4.68. The molecule has 0 saturated carbocycles. The average Bonchev–Trinajstić information content (AvgIpc) is 3.04. The van der Waals surface area contributed by atoms with Crippen LogP contribution in [0, 0.1) is 17.0 Å². The predicted octanol–water partition coefficient (Wildman–Crippen LogP) is 1.09. The molecule has 0 aliphatic carbocycles. The quantitative estimate of drug-likeness (QED) is 0.566. The standard InChI is InChI=1S/C14H15N3O6S/c1-10-7-11(17(19)20)4-5-13(10)24(21,22)16-9-14(18)15-8-12-3-2-6-23-12/h2-7,16H,8-9H2,1H3,(H,15,18). The number of aryl methyl sites for hydroxylation is 1. The van der Waals surface area contributed by atoms with Crippen LogP contribution in [0.2, 0.25) is 0 Å². The van der Waals surface area contributed by atoms with E-state index in [1.165, 1.54) is 13.2 Å². The number of nitrogens with zero attached hydrogens (tertiary/aromatic N) is 1. The Morgan fingerprint density at radius 3 is 2.67 bits per heavy atom. The Morgan fingerprint density at radius 1 is 1.33 bits per heavy atom. The summed E-state index contributed by atoms with van der Waals surface area (Å²) >= 11 is 0. The van der Waals surface area contributed by atoms with Crippen LogP contribution < -0.4 is 10.0 Å². The number of nitro benzene ring substituents is 1. The number of nitrogens with one attached hydrogen (secondary N) is 2. The summed E-state index contributed by atoms with van der Waals surface area (Å²) < 4.78 is 31.6. The molecule has 2 N–H and O–H groups in total. The normalized spacial score (nSPS) is 11.2. The molecule has 0 unspecified atom stereocenters. The topological polar surface area (TPSA) is 132 Å². The molecule has 0 aliphatic heterocycles. The Balaban J connectivity index is 1.98. The number of sulfonamides is 1. The van der Waals surface area contributed by atoms with E-state index in [1.807, 2.05) is 0 Å². The van der Waals surface area contributed by atoms with Crippen LogP contribution in [-0.2, 0) is 21.4 Å². The van der Waals surface area contributed by atoms with Gasteiger partial charge in [0.05, 0.1) is 29.2 Å². The highest BCUT2D eigenvalue weighted by Gasteiger charge is 2.20. The third-order valence-electron chi connectivity index (χ3n) is 3.12. The SMILES string of the molecule is Cc1cc([N+](=O)[O-])ccc1S(=O)(=O)NCC(=O)NCc1ccco1. The molecule has 2 rings (SSSR count). The molecule has 1 aromatic heterocycles. The summed E-state index contributed by atoms with van der Waals surface area (Å²) in [6, 6.07) is 6.73. The van der Waals surface area contributed by atoms with E-state index in [9.17, 15) is 23.3 Å². The molecule has 1 heterocycles. The minimum atomic E-state index is -3.96. The van der Waals surface area contributed by atoms with E-state index in [2.05, 4.69) is 10.0 Å². The van der Waals surface area contributed by atoms with Crippen LogP contribution in [0.3, 0.4) is 0 Å². The summed E-state index contributed by atoms with van der Waals surface area (Å²) in [5.41, 5.74) is 0.00957. The van der Waals surface area contributed by atoms with Gasteiger partial charge in [-0.2, -0.15) is 0 Å². The highest BCUT2D eigenvalue weighted by atomic mass is 32.2. The maximum absolute atomic E-state index is 12.2. The minimum absolute atomic E-state index is 0.119. The highest BCUT2D eigenvalue weighted by molar-refractivity contribution is 7.89. The van der Waals surface area contributed by atoms with Crippen LogP contribution in [0.5, 0.6) is 0 Å². The largest absolute Gasteiger partial charge is 0.467 e. The van der Waals surface area contributed by atoms with E-state index < -0.39 is 27.4 Å². The van der Waals surface area contributed by atoms with Crippen LogP contribution >= 0.6 is 0 Å². The summed E-state index contributed by atoms with van der Waals surface area (Å²) in [4.78, 5) is 21.6. The molecule has 9 nitrogen and oxygen atoms in total. The van der Waals surface area contributed by atoms with Gasteiger partial charge in [0.2, 0.25) is 15.9 Å². The van der Waals surface area contributed by atoms with Gasteiger partial charge in [-0.05, 0) is 30.7 Å². The van der Waals surface area contributed by atoms with Crippen LogP contribution in [0.15, 0.2) is 45.9 Å². The molecule has 1 amide bonds. The number of furan rings is 1. The first-order valence-corrected chi connectivity index (χ1v) is 8.32. The van der Waals surface area contributed by atoms with Crippen molar-refractivity contribution in [3.05, 3.63) is 58.0 Å². The van der Waals surface area contributed by atoms with Crippen molar-refractivity contribution in [2.75, 3.05) is 6.54 Å². The Hall–Kier alpha value is -2.72. The third kappa shape index (κ3) is 4.40. The summed E-state index contributed by atoms with van der Waals surface area (Å²) in [5, 5.41) is 13.2. The van der Waals surface area contributed by atoms with Crippen LogP contribution in [-0.4, -0.2) is 25.8 Å². The lowest BCUT2D eigenvalue weighted by molar-refractivity contribution is -0.385. The number of amides is 1. The smallest absolute Gasteiger partial charge is 0.269 e. The van der Waals surface area contributed by atoms with Gasteiger partial charge in [0.25, 0.3) is 5.69 Å². The van der Waals surface area contributed by atoms with E-state index in [1.54, 1.807) is 12.1 Å². The van der Waals surface area contributed by atoms with Crippen molar-refractivity contribution in [1.82, 2.24) is 10.0 Å². The molecule has 0 spiro atoms. The average molecular weight is 353 g/mol. The van der Waals surface area contributed by atoms with Gasteiger partial charge in [-0.25, -0.2) is 13.1 Å². The van der Waals surface area contributed by atoms with Crippen molar-refractivity contribution < 1.29 is 22.6 Å². The van der Waals surface area contributed by atoms with Crippen LogP contribution in [0.1, 0.15) is 11.3 Å². The fourth-order valence-electron chi connectivity index (χ4n) is 1.95. The Kier molecular flexibility index (Phi) is 5.31. The van der Waals surface area contributed by atoms with Gasteiger partial charge in [-0.1, -0.05) is 0 Å². The number of nitro groups is 1. The summed E-state index contributed by atoms with van der Waals surface area (Å²) in [6.45, 7) is 1.13. The zero-order chi connectivity index (χ0) is 17.7. The molecule has 0 bridgehead atoms. The monoisotopic (exact) mass is 353 g/mol. The van der Waals surface area contributed by atoms with Crippen molar-refractivity contribution in [3.8, 4) is 0 Å². The van der Waals surface area contributed by atoms with Gasteiger partial charge in [0, 0.05) is 12.1 Å². The van der Waals surface area contributed by atoms with Crippen molar-refractivity contribution in [2.24, 2.45) is 0 Å². The van der Waals surface area contributed by atoms with Crippen molar-refractivity contribution >= 4 is 21.6 Å². The van der Waals surface area contributed by atoms with E-state index in [0.29, 0.717) is 5.76 Å². The van der Waals surface area contributed by atoms with Gasteiger partial charge in [0.1, 0.15) is 5.76 Å². The minimum Gasteiger partial charge on any atom is -0.467 e. The second-order valence-electron chi connectivity index (χ2n) is 4.89. The number of rotatable bonds is 7. The van der Waals surface area contributed by atoms with Gasteiger partial charge in [-0.3, -0.25) is 14.9 Å². The van der Waals surface area contributed by atoms with Gasteiger partial charge >= 0.3 is 0 Å². The maximum atomic E-state index is 12.2. The number of hydrogen-bond acceptors (Lipinski definition) is 6. The first-order valence-electron chi connectivity index (χ1n) is 6.83. The number of carbonyl (C=O) groups excluding carboxylic acids is 1. The van der Waals surface area contributed by atoms with Crippen molar-refractivity contribution in [2.45, 2.75) is 18.4 Å². The lowest BCUT2D eigenvalue weighted by Crippen LogP contribution is -2.36. The highest BCUT2D eigenvalue weighted by Crippen LogP contribution is 2.20. The van der Waals surface area contributed by atoms with E-state index in [4.69, 9.17) is 4.42 Å². The summed E-state index contributed by atoms with van der Waals surface area (Å²) in [7, 11) is -3.96.